The van der Waals surface area contributed by atoms with Gasteiger partial charge in [0.05, 0.1) is 20.6 Å². The van der Waals surface area contributed by atoms with Gasteiger partial charge >= 0.3 is 0 Å². The van der Waals surface area contributed by atoms with Gasteiger partial charge in [-0.15, -0.1) is 0 Å². The molecule has 4 rings (SSSR count). The van der Waals surface area contributed by atoms with Gasteiger partial charge in [0.15, 0.2) is 0 Å². The second kappa shape index (κ2) is 14.7. The molecule has 0 saturated heterocycles. The molecule has 0 unspecified atom stereocenters. The number of carbonyl (C=O) groups excluding carboxylic acids is 2. The van der Waals surface area contributed by atoms with Gasteiger partial charge in [-0.05, 0) is 60.5 Å². The Morgan fingerprint density at radius 3 is 2.11 bits per heavy atom. The molecule has 0 aliphatic rings. The molecule has 44 heavy (non-hydrogen) atoms. The summed E-state index contributed by atoms with van der Waals surface area (Å²) in [5.74, 6) is -1.09. The second-order valence-electron chi connectivity index (χ2n) is 10.0. The number of sulfonamides is 1. The smallest absolute Gasteiger partial charge is 0.264 e. The third kappa shape index (κ3) is 8.06. The molecule has 7 nitrogen and oxygen atoms in total. The van der Waals surface area contributed by atoms with Gasteiger partial charge < -0.3 is 10.2 Å². The summed E-state index contributed by atoms with van der Waals surface area (Å²) in [5.41, 5.74) is 2.31. The minimum atomic E-state index is -4.29. The van der Waals surface area contributed by atoms with E-state index in [2.05, 4.69) is 5.32 Å². The Bertz CT molecular complexity index is 1750. The van der Waals surface area contributed by atoms with Gasteiger partial charge in [0.25, 0.3) is 10.0 Å². The van der Waals surface area contributed by atoms with Crippen molar-refractivity contribution < 1.29 is 18.0 Å². The predicted molar refractivity (Wildman–Crippen MR) is 177 cm³/mol. The molecule has 12 heteroatoms. The van der Waals surface area contributed by atoms with Crippen LogP contribution in [0.1, 0.15) is 16.7 Å². The lowest BCUT2D eigenvalue weighted by molar-refractivity contribution is -0.139. The minimum Gasteiger partial charge on any atom is -0.357 e. The lowest BCUT2D eigenvalue weighted by atomic mass is 10.0. The van der Waals surface area contributed by atoms with Crippen LogP contribution < -0.4 is 9.62 Å². The number of rotatable bonds is 11. The summed E-state index contributed by atoms with van der Waals surface area (Å²) in [6, 6.07) is 23.6. The van der Waals surface area contributed by atoms with Crippen LogP contribution in [0.25, 0.3) is 0 Å². The lowest BCUT2D eigenvalue weighted by Gasteiger charge is -2.34. The van der Waals surface area contributed by atoms with Crippen molar-refractivity contribution in [1.82, 2.24) is 10.2 Å². The third-order valence-corrected chi connectivity index (χ3v) is 10.1. The van der Waals surface area contributed by atoms with Crippen molar-refractivity contribution >= 4 is 73.9 Å². The Hall–Kier alpha value is -3.27. The molecular weight excluding hydrogens is 664 g/mol. The first-order chi connectivity index (χ1) is 20.9. The fourth-order valence-corrected chi connectivity index (χ4v) is 6.73. The van der Waals surface area contributed by atoms with E-state index in [-0.39, 0.29) is 33.6 Å². The Balaban J connectivity index is 1.82. The van der Waals surface area contributed by atoms with Gasteiger partial charge in [-0.2, -0.15) is 0 Å². The van der Waals surface area contributed by atoms with E-state index in [9.17, 15) is 18.0 Å². The van der Waals surface area contributed by atoms with Gasteiger partial charge in [-0.25, -0.2) is 8.42 Å². The van der Waals surface area contributed by atoms with Gasteiger partial charge in [-0.3, -0.25) is 13.9 Å². The van der Waals surface area contributed by atoms with Crippen LogP contribution in [0.4, 0.5) is 5.69 Å². The normalized spacial score (nSPS) is 12.0. The van der Waals surface area contributed by atoms with Crippen molar-refractivity contribution in [3.05, 3.63) is 128 Å². The Morgan fingerprint density at radius 2 is 1.50 bits per heavy atom. The zero-order valence-electron chi connectivity index (χ0n) is 23.8. The molecule has 0 spiro atoms. The molecule has 0 aliphatic carbocycles. The number of carbonyl (C=O) groups is 2. The van der Waals surface area contributed by atoms with Crippen LogP contribution in [0.2, 0.25) is 20.1 Å². The first kappa shape index (κ1) is 33.6. The van der Waals surface area contributed by atoms with Crippen LogP contribution in [0.3, 0.4) is 0 Å². The average Bonchev–Trinajstić information content (AvgIpc) is 3.00. The summed E-state index contributed by atoms with van der Waals surface area (Å²) in [6.07, 6.45) is 0.162. The predicted octanol–water partition coefficient (Wildman–Crippen LogP) is 7.19. The molecule has 0 aromatic heterocycles. The van der Waals surface area contributed by atoms with Crippen LogP contribution in [0.15, 0.2) is 95.9 Å². The Labute approximate surface area is 277 Å². The number of likely N-dealkylation sites (N-methyl/N-ethyl adjacent to an activating group) is 1. The maximum absolute atomic E-state index is 14.4. The van der Waals surface area contributed by atoms with Gasteiger partial charge in [0, 0.05) is 30.1 Å². The van der Waals surface area contributed by atoms with E-state index in [4.69, 9.17) is 46.4 Å². The monoisotopic (exact) mass is 691 g/mol. The Morgan fingerprint density at radius 1 is 0.818 bits per heavy atom. The molecular formula is C32H29Cl4N3O4S. The summed E-state index contributed by atoms with van der Waals surface area (Å²) >= 11 is 25.0. The highest BCUT2D eigenvalue weighted by molar-refractivity contribution is 7.92. The molecule has 230 valence electrons. The SMILES string of the molecule is CNC(=O)[C@@H](Cc1ccccc1)N(Cc1ccc(Cl)cc1Cl)C(=O)CN(c1ccc(Cl)c(Cl)c1)S(=O)(=O)c1ccc(C)cc1. The second-order valence-corrected chi connectivity index (χ2v) is 13.5. The molecule has 4 aromatic carbocycles. The van der Waals surface area contributed by atoms with Crippen LogP contribution in [-0.2, 0) is 32.6 Å². The largest absolute Gasteiger partial charge is 0.357 e. The zero-order chi connectivity index (χ0) is 32.0. The van der Waals surface area contributed by atoms with Crippen LogP contribution in [0, 0.1) is 6.92 Å². The minimum absolute atomic E-state index is 0.0265. The molecule has 0 radical (unpaired) electrons. The quantitative estimate of drug-likeness (QED) is 0.180. The van der Waals surface area contributed by atoms with Gasteiger partial charge in [0.1, 0.15) is 12.6 Å². The van der Waals surface area contributed by atoms with Crippen molar-refractivity contribution in [1.29, 1.82) is 0 Å². The first-order valence-electron chi connectivity index (χ1n) is 13.4. The number of nitrogens with zero attached hydrogens (tertiary/aromatic N) is 2. The van der Waals surface area contributed by atoms with E-state index >= 15 is 0 Å². The number of anilines is 1. The highest BCUT2D eigenvalue weighted by Gasteiger charge is 2.34. The molecule has 0 aliphatic heterocycles. The number of halogens is 4. The van der Waals surface area contributed by atoms with E-state index < -0.39 is 34.4 Å². The summed E-state index contributed by atoms with van der Waals surface area (Å²) in [4.78, 5) is 29.0. The van der Waals surface area contributed by atoms with Crippen LogP contribution in [-0.4, -0.2) is 44.8 Å². The fourth-order valence-electron chi connectivity index (χ4n) is 4.56. The van der Waals surface area contributed by atoms with Crippen LogP contribution >= 0.6 is 46.4 Å². The van der Waals surface area contributed by atoms with Crippen molar-refractivity contribution in [2.45, 2.75) is 30.8 Å². The van der Waals surface area contributed by atoms with Crippen molar-refractivity contribution in [3.8, 4) is 0 Å². The third-order valence-electron chi connectivity index (χ3n) is 6.95. The number of benzene rings is 4. The fraction of sp³-hybridized carbons (Fsp3) is 0.188. The molecule has 0 heterocycles. The number of aryl methyl sites for hydroxylation is 1. The molecule has 4 aromatic rings. The average molecular weight is 693 g/mol. The van der Waals surface area contributed by atoms with Crippen molar-refractivity contribution in [3.63, 3.8) is 0 Å². The van der Waals surface area contributed by atoms with Crippen molar-refractivity contribution in [2.24, 2.45) is 0 Å². The van der Waals surface area contributed by atoms with E-state index in [1.807, 2.05) is 37.3 Å². The van der Waals surface area contributed by atoms with Crippen LogP contribution in [0.5, 0.6) is 0 Å². The topological polar surface area (TPSA) is 86.8 Å². The lowest BCUT2D eigenvalue weighted by Crippen LogP contribution is -2.53. The Kier molecular flexibility index (Phi) is 11.2. The molecule has 2 amide bonds. The van der Waals surface area contributed by atoms with Gasteiger partial charge in [0.2, 0.25) is 11.8 Å². The van der Waals surface area contributed by atoms with E-state index in [0.29, 0.717) is 15.6 Å². The zero-order valence-corrected chi connectivity index (χ0v) is 27.6. The summed E-state index contributed by atoms with van der Waals surface area (Å²) in [7, 11) is -2.81. The highest BCUT2D eigenvalue weighted by Crippen LogP contribution is 2.31. The van der Waals surface area contributed by atoms with Crippen molar-refractivity contribution in [2.75, 3.05) is 17.9 Å². The molecule has 1 atom stereocenters. The molecule has 0 fully saturated rings. The van der Waals surface area contributed by atoms with E-state index in [1.54, 1.807) is 24.3 Å². The molecule has 0 bridgehead atoms. The summed E-state index contributed by atoms with van der Waals surface area (Å²) in [6.45, 7) is 1.09. The maximum atomic E-state index is 14.4. The van der Waals surface area contributed by atoms with E-state index in [0.717, 1.165) is 15.4 Å². The highest BCUT2D eigenvalue weighted by atomic mass is 35.5. The first-order valence-corrected chi connectivity index (χ1v) is 16.4. The number of hydrogen-bond acceptors (Lipinski definition) is 4. The maximum Gasteiger partial charge on any atom is 0.264 e. The molecule has 1 N–H and O–H groups in total. The van der Waals surface area contributed by atoms with E-state index in [1.165, 1.54) is 48.3 Å². The number of amides is 2. The summed E-state index contributed by atoms with van der Waals surface area (Å²) in [5, 5.41) is 3.66. The number of nitrogens with one attached hydrogen (secondary N) is 1. The summed E-state index contributed by atoms with van der Waals surface area (Å²) < 4.78 is 29.1. The standard InChI is InChI=1S/C32H29Cl4N3O4S/c1-21-8-13-26(14-9-21)44(42,43)39(25-12-15-27(34)29(36)18-25)20-31(40)38(19-23-10-11-24(33)17-28(23)35)30(32(41)37-2)16-22-6-4-3-5-7-22/h3-15,17-18,30H,16,19-20H2,1-2H3,(H,37,41)/t30-/m1/s1. The van der Waals surface area contributed by atoms with Gasteiger partial charge in [-0.1, -0.05) is 100 Å². The molecule has 0 saturated carbocycles. The number of hydrogen-bond donors (Lipinski definition) is 1.